The molecule has 0 aliphatic carbocycles. The maximum absolute atomic E-state index is 12.5. The number of amides is 2. The molecular weight excluding hydrogens is 390 g/mol. The van der Waals surface area contributed by atoms with Gasteiger partial charge in [0.2, 0.25) is 11.8 Å². The topological polar surface area (TPSA) is 78.5 Å². The minimum atomic E-state index is -0.374. The summed E-state index contributed by atoms with van der Waals surface area (Å²) in [6, 6.07) is 17.1. The van der Waals surface area contributed by atoms with Gasteiger partial charge in [-0.2, -0.15) is 0 Å². The number of hydrogen-bond acceptors (Lipinski definition) is 4. The number of nitrogens with zero attached hydrogens (tertiary/aromatic N) is 1. The van der Waals surface area contributed by atoms with Crippen molar-refractivity contribution in [1.29, 1.82) is 0 Å². The first-order valence-electron chi connectivity index (χ1n) is 10.6. The molecule has 0 saturated carbocycles. The van der Waals surface area contributed by atoms with E-state index in [1.54, 1.807) is 31.2 Å². The zero-order valence-corrected chi connectivity index (χ0v) is 18.1. The summed E-state index contributed by atoms with van der Waals surface area (Å²) in [5, 5.41) is 5.75. The minimum Gasteiger partial charge on any atom is -0.349 e. The lowest BCUT2D eigenvalue weighted by molar-refractivity contribution is -0.119. The second-order valence-corrected chi connectivity index (χ2v) is 7.96. The molecule has 2 aromatic carbocycles. The number of carbonyl (C=O) groups excluding carboxylic acids is 3. The molecule has 1 aliphatic rings. The third-order valence-electron chi connectivity index (χ3n) is 5.44. The summed E-state index contributed by atoms with van der Waals surface area (Å²) in [7, 11) is 0. The van der Waals surface area contributed by atoms with Crippen molar-refractivity contribution in [3.63, 3.8) is 0 Å². The first kappa shape index (κ1) is 22.4. The standard InChI is InChI=1S/C25H29N3O3/c1-18(16-24(30)26-22-10-8-21(9-11-22)19(2)29)25(31)27-23-12-14-28(15-13-23)17-20-6-4-3-5-7-20/h3-11,16,23H,12-15,17H2,1-2H3,(H,26,30)(H,27,31)/b18-16-. The van der Waals surface area contributed by atoms with Crippen molar-refractivity contribution in [2.24, 2.45) is 0 Å². The molecule has 0 spiro atoms. The van der Waals surface area contributed by atoms with Gasteiger partial charge in [0.05, 0.1) is 0 Å². The second-order valence-electron chi connectivity index (χ2n) is 7.96. The van der Waals surface area contributed by atoms with Gasteiger partial charge in [-0.3, -0.25) is 19.3 Å². The van der Waals surface area contributed by atoms with Gasteiger partial charge in [-0.25, -0.2) is 0 Å². The van der Waals surface area contributed by atoms with E-state index in [2.05, 4.69) is 39.8 Å². The van der Waals surface area contributed by atoms with Crippen LogP contribution < -0.4 is 10.6 Å². The lowest BCUT2D eigenvalue weighted by atomic mass is 10.0. The summed E-state index contributed by atoms with van der Waals surface area (Å²) in [6.45, 7) is 5.91. The maximum atomic E-state index is 12.5. The van der Waals surface area contributed by atoms with Crippen molar-refractivity contribution in [1.82, 2.24) is 10.2 Å². The van der Waals surface area contributed by atoms with Crippen molar-refractivity contribution in [3.8, 4) is 0 Å². The van der Waals surface area contributed by atoms with E-state index in [1.165, 1.54) is 18.6 Å². The molecule has 6 heteroatoms. The molecule has 3 rings (SSSR count). The number of carbonyl (C=O) groups is 3. The Morgan fingerprint density at radius 2 is 1.61 bits per heavy atom. The summed E-state index contributed by atoms with van der Waals surface area (Å²) in [4.78, 5) is 38.4. The largest absolute Gasteiger partial charge is 0.349 e. The molecule has 0 atom stereocenters. The normalized spacial score (nSPS) is 15.4. The van der Waals surface area contributed by atoms with E-state index in [9.17, 15) is 14.4 Å². The highest BCUT2D eigenvalue weighted by Gasteiger charge is 2.21. The van der Waals surface area contributed by atoms with E-state index in [-0.39, 0.29) is 23.6 Å². The Morgan fingerprint density at radius 1 is 0.968 bits per heavy atom. The molecule has 31 heavy (non-hydrogen) atoms. The number of piperidine rings is 1. The van der Waals surface area contributed by atoms with Crippen LogP contribution in [0.4, 0.5) is 5.69 Å². The van der Waals surface area contributed by atoms with Crippen LogP contribution in [0.2, 0.25) is 0 Å². The Labute approximate surface area is 183 Å². The molecule has 2 amide bonds. The van der Waals surface area contributed by atoms with Gasteiger partial charge in [-0.15, -0.1) is 0 Å². The van der Waals surface area contributed by atoms with Crippen LogP contribution >= 0.6 is 0 Å². The van der Waals surface area contributed by atoms with Gasteiger partial charge in [0, 0.05) is 48.6 Å². The molecule has 1 aliphatic heterocycles. The molecule has 162 valence electrons. The fraction of sp³-hybridized carbons (Fsp3) is 0.320. The van der Waals surface area contributed by atoms with E-state index in [0.717, 1.165) is 32.5 Å². The number of Topliss-reactive ketones (excluding diaryl/α,β-unsaturated/α-hetero) is 1. The zero-order chi connectivity index (χ0) is 22.2. The summed E-state index contributed by atoms with van der Waals surface area (Å²) < 4.78 is 0. The van der Waals surface area contributed by atoms with E-state index in [0.29, 0.717) is 16.8 Å². The van der Waals surface area contributed by atoms with Crippen LogP contribution in [-0.2, 0) is 16.1 Å². The van der Waals surface area contributed by atoms with Gasteiger partial charge < -0.3 is 10.6 Å². The predicted octanol–water partition coefficient (Wildman–Crippen LogP) is 3.55. The van der Waals surface area contributed by atoms with Crippen LogP contribution in [0.5, 0.6) is 0 Å². The Hall–Kier alpha value is -3.25. The van der Waals surface area contributed by atoms with Gasteiger partial charge in [-0.1, -0.05) is 30.3 Å². The molecule has 0 bridgehead atoms. The van der Waals surface area contributed by atoms with Crippen molar-refractivity contribution >= 4 is 23.3 Å². The third-order valence-corrected chi connectivity index (χ3v) is 5.44. The van der Waals surface area contributed by atoms with Crippen molar-refractivity contribution in [3.05, 3.63) is 77.4 Å². The number of ketones is 1. The highest BCUT2D eigenvalue weighted by Crippen LogP contribution is 2.15. The molecule has 0 radical (unpaired) electrons. The zero-order valence-electron chi connectivity index (χ0n) is 18.1. The van der Waals surface area contributed by atoms with Crippen LogP contribution in [0.25, 0.3) is 0 Å². The SMILES string of the molecule is CC(=O)c1ccc(NC(=O)/C=C(/C)C(=O)NC2CCN(Cc3ccccc3)CC2)cc1. The Bertz CT molecular complexity index is 944. The number of rotatable bonds is 7. The molecule has 6 nitrogen and oxygen atoms in total. The number of hydrogen-bond donors (Lipinski definition) is 2. The van der Waals surface area contributed by atoms with Crippen LogP contribution in [-0.4, -0.2) is 41.6 Å². The fourth-order valence-electron chi connectivity index (χ4n) is 3.61. The van der Waals surface area contributed by atoms with Crippen molar-refractivity contribution < 1.29 is 14.4 Å². The molecule has 0 unspecified atom stereocenters. The van der Waals surface area contributed by atoms with Gasteiger partial charge in [0.1, 0.15) is 0 Å². The van der Waals surface area contributed by atoms with E-state index < -0.39 is 0 Å². The Morgan fingerprint density at radius 3 is 2.23 bits per heavy atom. The second kappa shape index (κ2) is 10.7. The van der Waals surface area contributed by atoms with Crippen LogP contribution in [0.1, 0.15) is 42.6 Å². The molecule has 1 saturated heterocycles. The quantitative estimate of drug-likeness (QED) is 0.531. The molecule has 1 heterocycles. The van der Waals surface area contributed by atoms with Crippen molar-refractivity contribution in [2.75, 3.05) is 18.4 Å². The lowest BCUT2D eigenvalue weighted by Gasteiger charge is -2.32. The highest BCUT2D eigenvalue weighted by atomic mass is 16.2. The first-order valence-corrected chi connectivity index (χ1v) is 10.6. The predicted molar refractivity (Wildman–Crippen MR) is 122 cm³/mol. The Balaban J connectivity index is 1.44. The smallest absolute Gasteiger partial charge is 0.248 e. The average Bonchev–Trinajstić information content (AvgIpc) is 2.76. The number of anilines is 1. The average molecular weight is 420 g/mol. The highest BCUT2D eigenvalue weighted by molar-refractivity contribution is 6.06. The monoisotopic (exact) mass is 419 g/mol. The summed E-state index contributed by atoms with van der Waals surface area (Å²) in [5.41, 5.74) is 2.82. The van der Waals surface area contributed by atoms with Crippen LogP contribution in [0, 0.1) is 0 Å². The maximum Gasteiger partial charge on any atom is 0.248 e. The summed E-state index contributed by atoms with van der Waals surface area (Å²) in [6.07, 6.45) is 3.08. The summed E-state index contributed by atoms with van der Waals surface area (Å²) >= 11 is 0. The van der Waals surface area contributed by atoms with E-state index >= 15 is 0 Å². The summed E-state index contributed by atoms with van der Waals surface area (Å²) in [5.74, 6) is -0.624. The van der Waals surface area contributed by atoms with Gasteiger partial charge >= 0.3 is 0 Å². The number of benzene rings is 2. The third kappa shape index (κ3) is 6.89. The lowest BCUT2D eigenvalue weighted by Crippen LogP contribution is -2.44. The number of nitrogens with one attached hydrogen (secondary N) is 2. The van der Waals surface area contributed by atoms with Crippen LogP contribution in [0.15, 0.2) is 66.2 Å². The minimum absolute atomic E-state index is 0.0313. The molecule has 2 N–H and O–H groups in total. The Kier molecular flexibility index (Phi) is 7.73. The first-order chi connectivity index (χ1) is 14.9. The fourth-order valence-corrected chi connectivity index (χ4v) is 3.61. The molecule has 0 aromatic heterocycles. The van der Waals surface area contributed by atoms with Crippen LogP contribution in [0.3, 0.4) is 0 Å². The molecular formula is C25H29N3O3. The van der Waals surface area contributed by atoms with Crippen molar-refractivity contribution in [2.45, 2.75) is 39.3 Å². The number of likely N-dealkylation sites (tertiary alicyclic amines) is 1. The van der Waals surface area contributed by atoms with E-state index in [1.807, 2.05) is 6.07 Å². The van der Waals surface area contributed by atoms with Gasteiger partial charge in [-0.05, 0) is 56.5 Å². The van der Waals surface area contributed by atoms with Gasteiger partial charge in [0.25, 0.3) is 0 Å². The van der Waals surface area contributed by atoms with E-state index in [4.69, 9.17) is 0 Å². The molecule has 2 aromatic rings. The molecule has 1 fully saturated rings. The van der Waals surface area contributed by atoms with Gasteiger partial charge in [0.15, 0.2) is 5.78 Å².